The molecule has 0 fully saturated rings. The predicted octanol–water partition coefficient (Wildman–Crippen LogP) is 3.19. The van der Waals surface area contributed by atoms with Gasteiger partial charge < -0.3 is 5.11 Å². The molecule has 0 aromatic heterocycles. The lowest BCUT2D eigenvalue weighted by Gasteiger charge is -2.42. The van der Waals surface area contributed by atoms with Crippen molar-refractivity contribution in [3.05, 3.63) is 35.4 Å². The number of rotatable bonds is 1. The lowest BCUT2D eigenvalue weighted by Crippen LogP contribution is -2.48. The minimum Gasteiger partial charge on any atom is -0.391 e. The van der Waals surface area contributed by atoms with Crippen molar-refractivity contribution < 1.29 is 5.11 Å². The second kappa shape index (κ2) is 4.40. The fraction of sp³-hybridized carbons (Fsp3) is 0.562. The highest BCUT2D eigenvalue weighted by Gasteiger charge is 2.47. The average molecular weight is 243 g/mol. The minimum atomic E-state index is -0.743. The molecule has 0 amide bonds. The molecule has 0 heterocycles. The number of fused-ring (bicyclic) bond motifs is 1. The van der Waals surface area contributed by atoms with Gasteiger partial charge in [-0.25, -0.2) is 0 Å². The van der Waals surface area contributed by atoms with Crippen molar-refractivity contribution in [1.29, 1.82) is 5.26 Å². The maximum Gasteiger partial charge on any atom is 0.109 e. The Bertz CT molecular complexity index is 481. The van der Waals surface area contributed by atoms with Crippen LogP contribution in [0.4, 0.5) is 0 Å². The van der Waals surface area contributed by atoms with E-state index in [0.29, 0.717) is 0 Å². The van der Waals surface area contributed by atoms with E-state index in [2.05, 4.69) is 12.1 Å². The number of hydrogen-bond donors (Lipinski definition) is 1. The number of aryl methyl sites for hydroxylation is 1. The summed E-state index contributed by atoms with van der Waals surface area (Å²) in [5.74, 6) is 0. The van der Waals surface area contributed by atoms with Gasteiger partial charge in [-0.2, -0.15) is 5.26 Å². The summed E-state index contributed by atoms with van der Waals surface area (Å²) in [4.78, 5) is 0. The van der Waals surface area contributed by atoms with Crippen LogP contribution in [0.2, 0.25) is 0 Å². The van der Waals surface area contributed by atoms with E-state index < -0.39 is 11.5 Å². The quantitative estimate of drug-likeness (QED) is 0.823. The van der Waals surface area contributed by atoms with Gasteiger partial charge in [-0.3, -0.25) is 0 Å². The van der Waals surface area contributed by atoms with Crippen molar-refractivity contribution in [2.45, 2.75) is 51.6 Å². The minimum absolute atomic E-state index is 0.291. The molecule has 0 bridgehead atoms. The number of nitriles is 1. The van der Waals surface area contributed by atoms with Gasteiger partial charge in [0.25, 0.3) is 0 Å². The molecule has 2 heteroatoms. The van der Waals surface area contributed by atoms with E-state index in [9.17, 15) is 10.4 Å². The van der Waals surface area contributed by atoms with Crippen LogP contribution in [0.5, 0.6) is 0 Å². The molecule has 1 N–H and O–H groups in total. The third-order valence-corrected chi connectivity index (χ3v) is 4.00. The second-order valence-corrected chi connectivity index (χ2v) is 6.36. The zero-order valence-corrected chi connectivity index (χ0v) is 11.4. The van der Waals surface area contributed by atoms with Crippen molar-refractivity contribution in [1.82, 2.24) is 0 Å². The summed E-state index contributed by atoms with van der Waals surface area (Å²) in [6.45, 7) is 5.98. The van der Waals surface area contributed by atoms with Crippen LogP contribution < -0.4 is 0 Å². The van der Waals surface area contributed by atoms with Crippen LogP contribution in [0.3, 0.4) is 0 Å². The van der Waals surface area contributed by atoms with Crippen molar-refractivity contribution in [2.75, 3.05) is 0 Å². The van der Waals surface area contributed by atoms with Crippen molar-refractivity contribution in [3.63, 3.8) is 0 Å². The van der Waals surface area contributed by atoms with Crippen LogP contribution in [0.1, 0.15) is 44.7 Å². The van der Waals surface area contributed by atoms with Crippen LogP contribution in [-0.4, -0.2) is 11.2 Å². The summed E-state index contributed by atoms with van der Waals surface area (Å²) >= 11 is 0. The molecular formula is C16H21NO. The highest BCUT2D eigenvalue weighted by Crippen LogP contribution is 2.44. The fourth-order valence-corrected chi connectivity index (χ4v) is 3.07. The Morgan fingerprint density at radius 2 is 2.00 bits per heavy atom. The number of aliphatic hydroxyl groups excluding tert-OH is 1. The summed E-state index contributed by atoms with van der Waals surface area (Å²) in [7, 11) is 0. The van der Waals surface area contributed by atoms with Crippen LogP contribution in [-0.2, 0) is 11.8 Å². The molecule has 0 spiro atoms. The number of benzene rings is 1. The Labute approximate surface area is 109 Å². The van der Waals surface area contributed by atoms with Crippen LogP contribution in [0.15, 0.2) is 24.3 Å². The zero-order valence-electron chi connectivity index (χ0n) is 11.4. The average Bonchev–Trinajstić information content (AvgIpc) is 2.36. The van der Waals surface area contributed by atoms with Gasteiger partial charge in [0.15, 0.2) is 0 Å². The van der Waals surface area contributed by atoms with Crippen LogP contribution in [0, 0.1) is 16.7 Å². The van der Waals surface area contributed by atoms with Gasteiger partial charge in [0.1, 0.15) is 5.41 Å². The van der Waals surface area contributed by atoms with Crippen LogP contribution in [0.25, 0.3) is 0 Å². The second-order valence-electron chi connectivity index (χ2n) is 6.36. The van der Waals surface area contributed by atoms with Gasteiger partial charge in [-0.05, 0) is 35.8 Å². The lowest BCUT2D eigenvalue weighted by atomic mass is 9.62. The molecule has 2 unspecified atom stereocenters. The van der Waals surface area contributed by atoms with Gasteiger partial charge in [0.2, 0.25) is 0 Å². The van der Waals surface area contributed by atoms with Gasteiger partial charge in [-0.15, -0.1) is 0 Å². The van der Waals surface area contributed by atoms with E-state index in [1.54, 1.807) is 0 Å². The first kappa shape index (κ1) is 13.1. The largest absolute Gasteiger partial charge is 0.391 e. The van der Waals surface area contributed by atoms with Gasteiger partial charge in [0.05, 0.1) is 12.2 Å². The molecule has 1 aliphatic carbocycles. The van der Waals surface area contributed by atoms with Crippen molar-refractivity contribution in [2.24, 2.45) is 5.41 Å². The number of aliphatic hydroxyl groups is 1. The van der Waals surface area contributed by atoms with Crippen molar-refractivity contribution >= 4 is 0 Å². The van der Waals surface area contributed by atoms with Gasteiger partial charge >= 0.3 is 0 Å². The summed E-state index contributed by atoms with van der Waals surface area (Å²) in [6, 6.07) is 10.5. The molecule has 18 heavy (non-hydrogen) atoms. The molecule has 2 nitrogen and oxygen atoms in total. The monoisotopic (exact) mass is 243 g/mol. The molecule has 0 aliphatic heterocycles. The lowest BCUT2D eigenvalue weighted by molar-refractivity contribution is 0.00663. The standard InChI is InChI=1S/C16H21NO/c1-15(2,3)14(18)16(11-17)10-6-8-12-7-4-5-9-13(12)16/h4-5,7,9,14,18H,6,8,10H2,1-3H3. The molecule has 1 aromatic rings. The van der Waals surface area contributed by atoms with Crippen LogP contribution >= 0.6 is 0 Å². The highest BCUT2D eigenvalue weighted by atomic mass is 16.3. The van der Waals surface area contributed by atoms with E-state index >= 15 is 0 Å². The maximum absolute atomic E-state index is 10.7. The summed E-state index contributed by atoms with van der Waals surface area (Å²) < 4.78 is 0. The fourth-order valence-electron chi connectivity index (χ4n) is 3.07. The third kappa shape index (κ3) is 1.93. The van der Waals surface area contributed by atoms with E-state index in [1.165, 1.54) is 5.56 Å². The summed E-state index contributed by atoms with van der Waals surface area (Å²) in [6.07, 6.45) is 2.09. The SMILES string of the molecule is CC(C)(C)C(O)C1(C#N)CCCc2ccccc21. The first-order valence-corrected chi connectivity index (χ1v) is 6.59. The molecule has 2 atom stereocenters. The first-order valence-electron chi connectivity index (χ1n) is 6.59. The molecule has 1 aromatic carbocycles. The maximum atomic E-state index is 10.7. The molecule has 2 rings (SSSR count). The predicted molar refractivity (Wildman–Crippen MR) is 72.1 cm³/mol. The van der Waals surface area contributed by atoms with E-state index in [-0.39, 0.29) is 5.41 Å². The van der Waals surface area contributed by atoms with E-state index in [0.717, 1.165) is 24.8 Å². The molecule has 0 radical (unpaired) electrons. The summed E-state index contributed by atoms with van der Waals surface area (Å²) in [5.41, 5.74) is 1.21. The first-order chi connectivity index (χ1) is 8.42. The topological polar surface area (TPSA) is 44.0 Å². The highest BCUT2D eigenvalue weighted by molar-refractivity contribution is 5.43. The molecular weight excluding hydrogens is 222 g/mol. The smallest absolute Gasteiger partial charge is 0.109 e. The van der Waals surface area contributed by atoms with E-state index in [1.807, 2.05) is 39.0 Å². The Morgan fingerprint density at radius 1 is 1.33 bits per heavy atom. The Morgan fingerprint density at radius 3 is 2.61 bits per heavy atom. The molecule has 96 valence electrons. The Balaban J connectivity index is 2.57. The Kier molecular flexibility index (Phi) is 3.21. The summed E-state index contributed by atoms with van der Waals surface area (Å²) in [5, 5.41) is 20.4. The number of nitrogens with zero attached hydrogens (tertiary/aromatic N) is 1. The molecule has 0 saturated carbocycles. The third-order valence-electron chi connectivity index (χ3n) is 4.00. The van der Waals surface area contributed by atoms with Gasteiger partial charge in [0, 0.05) is 0 Å². The molecule has 0 saturated heterocycles. The van der Waals surface area contributed by atoms with Crippen molar-refractivity contribution in [3.8, 4) is 6.07 Å². The number of hydrogen-bond acceptors (Lipinski definition) is 2. The zero-order chi connectivity index (χ0) is 13.4. The molecule has 1 aliphatic rings. The van der Waals surface area contributed by atoms with E-state index in [4.69, 9.17) is 0 Å². The Hall–Kier alpha value is -1.33. The van der Waals surface area contributed by atoms with Gasteiger partial charge in [-0.1, -0.05) is 45.0 Å². The normalized spacial score (nSPS) is 25.1.